The van der Waals surface area contributed by atoms with Gasteiger partial charge in [-0.2, -0.15) is 0 Å². The number of aliphatic hydroxyl groups is 3. The first-order valence-corrected chi connectivity index (χ1v) is 37.3. The minimum Gasteiger partial charge on any atom is -0.494 e. The summed E-state index contributed by atoms with van der Waals surface area (Å²) in [6, 6.07) is 32.4. The predicted octanol–water partition coefficient (Wildman–Crippen LogP) is 17.3. The summed E-state index contributed by atoms with van der Waals surface area (Å²) in [6.45, 7) is 14.4. The lowest BCUT2D eigenvalue weighted by atomic mass is 9.52. The van der Waals surface area contributed by atoms with Crippen LogP contribution in [0.4, 0.5) is 0 Å². The molecule has 0 aliphatic heterocycles. The summed E-state index contributed by atoms with van der Waals surface area (Å²) in [5, 5.41) is 40.5. The van der Waals surface area contributed by atoms with Crippen LogP contribution in [0.25, 0.3) is 0 Å². The molecular weight excluding hydrogens is 1300 g/mol. The van der Waals surface area contributed by atoms with Crippen molar-refractivity contribution in [1.82, 2.24) is 0 Å². The molecule has 1 fully saturated rings. The standard InChI is InChI=1S/C84H108O18/c1-7-13-19-25-55-94-67-43-31-61(32-44-67)74(86)82(100-79(91)64-37-49-70(50-38-64)97-58-28-22-16-10-4)77(89)73(85)78(90)83(75(87)62-33-45-68(46-34-62)95-56-26-20-14-8-2,101-80(92)65-39-51-71(52-40-65)98-59-29-23-17-11-5)84(82,76(88)63-35-47-69(48-36-63)96-57-27-21-15-9-3)102-81(93)66-41-53-72(54-42-66)99-60-30-24-18-12-6/h31-54,73,77-78,85,89-90H,7-30,55-60H2,1-6H3/t73?,77-,78+,82+,83-,84?. The van der Waals surface area contributed by atoms with Gasteiger partial charge in [-0.1, -0.05) is 157 Å². The van der Waals surface area contributed by atoms with Crippen LogP contribution in [0.1, 0.15) is 258 Å². The van der Waals surface area contributed by atoms with E-state index in [1.165, 1.54) is 146 Å². The first-order chi connectivity index (χ1) is 49.6. The molecule has 1 saturated carbocycles. The molecule has 0 saturated heterocycles. The fourth-order valence-electron chi connectivity index (χ4n) is 12.5. The van der Waals surface area contributed by atoms with Crippen molar-refractivity contribution >= 4 is 35.3 Å². The average Bonchev–Trinajstić information content (AvgIpc) is 0.659. The van der Waals surface area contributed by atoms with Crippen LogP contribution in [-0.4, -0.2) is 125 Å². The molecule has 18 nitrogen and oxygen atoms in total. The first kappa shape index (κ1) is 80.7. The van der Waals surface area contributed by atoms with Crippen molar-refractivity contribution in [3.05, 3.63) is 179 Å². The van der Waals surface area contributed by atoms with Crippen molar-refractivity contribution in [1.29, 1.82) is 0 Å². The molecule has 3 N–H and O–H groups in total. The number of ketones is 3. The maximum absolute atomic E-state index is 17.6. The van der Waals surface area contributed by atoms with Gasteiger partial charge in [0.15, 0.2) is 0 Å². The van der Waals surface area contributed by atoms with Gasteiger partial charge in [-0.3, -0.25) is 14.4 Å². The topological polar surface area (TPSA) is 246 Å². The Kier molecular flexibility index (Phi) is 33.3. The third-order valence-corrected chi connectivity index (χ3v) is 18.5. The molecule has 6 aromatic carbocycles. The van der Waals surface area contributed by atoms with E-state index in [1.807, 2.05) is 0 Å². The van der Waals surface area contributed by atoms with E-state index in [0.29, 0.717) is 69.5 Å². The van der Waals surface area contributed by atoms with Gasteiger partial charge in [0.25, 0.3) is 16.8 Å². The van der Waals surface area contributed by atoms with Crippen molar-refractivity contribution in [3.8, 4) is 34.5 Å². The van der Waals surface area contributed by atoms with Crippen LogP contribution in [0.5, 0.6) is 34.5 Å². The summed E-state index contributed by atoms with van der Waals surface area (Å²) in [5.74, 6) is -7.50. The third-order valence-electron chi connectivity index (χ3n) is 18.5. The molecule has 7 rings (SSSR count). The highest BCUT2D eigenvalue weighted by atomic mass is 16.7. The smallest absolute Gasteiger partial charge is 0.339 e. The Balaban J connectivity index is 1.59. The second-order valence-electron chi connectivity index (χ2n) is 26.3. The minimum atomic E-state index is -4.20. The second kappa shape index (κ2) is 42.1. The summed E-state index contributed by atoms with van der Waals surface area (Å²) in [4.78, 5) is 100. The van der Waals surface area contributed by atoms with Crippen molar-refractivity contribution in [2.45, 2.75) is 231 Å². The summed E-state index contributed by atoms with van der Waals surface area (Å²) in [7, 11) is 0. The third kappa shape index (κ3) is 21.1. The number of carbonyl (C=O) groups excluding carboxylic acids is 6. The molecule has 0 spiro atoms. The fraction of sp³-hybridized carbons (Fsp3) is 0.500. The number of ether oxygens (including phenoxy) is 9. The van der Waals surface area contributed by atoms with Crippen molar-refractivity contribution < 1.29 is 86.7 Å². The number of aliphatic hydroxyl groups excluding tert-OH is 3. The summed E-state index contributed by atoms with van der Waals surface area (Å²) >= 11 is 0. The van der Waals surface area contributed by atoms with Gasteiger partial charge >= 0.3 is 17.9 Å². The van der Waals surface area contributed by atoms with Crippen LogP contribution >= 0.6 is 0 Å². The van der Waals surface area contributed by atoms with Crippen LogP contribution in [0.3, 0.4) is 0 Å². The van der Waals surface area contributed by atoms with Crippen LogP contribution in [0.2, 0.25) is 0 Å². The van der Waals surface area contributed by atoms with Gasteiger partial charge in [-0.25, -0.2) is 14.4 Å². The Bertz CT molecular complexity index is 3340. The number of benzene rings is 6. The summed E-state index contributed by atoms with van der Waals surface area (Å²) in [5.41, 5.74) is -14.8. The van der Waals surface area contributed by atoms with Gasteiger partial charge in [-0.05, 0) is 184 Å². The summed E-state index contributed by atoms with van der Waals surface area (Å²) in [6.07, 6.45) is 12.4. The monoisotopic (exact) mass is 1400 g/mol. The van der Waals surface area contributed by atoms with Gasteiger partial charge in [0, 0.05) is 16.7 Å². The highest BCUT2D eigenvalue weighted by Gasteiger charge is 2.88. The molecule has 18 heteroatoms. The molecule has 0 bridgehead atoms. The molecule has 0 heterocycles. The van der Waals surface area contributed by atoms with Crippen molar-refractivity contribution in [2.75, 3.05) is 39.6 Å². The number of unbranched alkanes of at least 4 members (excludes halogenated alkanes) is 18. The molecule has 2 unspecified atom stereocenters. The Morgan fingerprint density at radius 3 is 0.676 bits per heavy atom. The molecule has 0 radical (unpaired) electrons. The minimum absolute atomic E-state index is 0.255. The SMILES string of the molecule is CCCCCCOc1ccc(C(=O)OC2(C(=O)c3ccc(OCCCCCC)cc3)[C@@](OC(=O)c3ccc(OCCCCCC)cc3)(C(=O)c3ccc(OCCCCCC)cc3)[C@@H](O)C(O)[C@@H](O)[C@@]2(OC(=O)c2ccc(OCCCCCC)cc2)C(=O)c2ccc(OCCCCCC)cc2)cc1. The molecular formula is C84H108O18. The van der Waals surface area contributed by atoms with Gasteiger partial charge in [0.2, 0.25) is 17.3 Å². The van der Waals surface area contributed by atoms with E-state index in [4.69, 9.17) is 42.6 Å². The lowest BCUT2D eigenvalue weighted by Crippen LogP contribution is -2.91. The average molecular weight is 1410 g/mol. The van der Waals surface area contributed by atoms with Gasteiger partial charge in [0.1, 0.15) is 52.8 Å². The number of esters is 3. The fourth-order valence-corrected chi connectivity index (χ4v) is 12.5. The van der Waals surface area contributed by atoms with E-state index >= 15 is 28.8 Å². The van der Waals surface area contributed by atoms with Crippen molar-refractivity contribution in [2.24, 2.45) is 0 Å². The van der Waals surface area contributed by atoms with E-state index in [0.717, 1.165) is 135 Å². The number of rotatable bonds is 48. The molecule has 6 aromatic rings. The van der Waals surface area contributed by atoms with E-state index in [-0.39, 0.29) is 40.5 Å². The van der Waals surface area contributed by atoms with Crippen molar-refractivity contribution in [3.63, 3.8) is 0 Å². The van der Waals surface area contributed by atoms with E-state index in [1.54, 1.807) is 0 Å². The Morgan fingerprint density at radius 2 is 0.461 bits per heavy atom. The zero-order valence-electron chi connectivity index (χ0n) is 60.8. The molecule has 552 valence electrons. The van der Waals surface area contributed by atoms with Gasteiger partial charge < -0.3 is 58.0 Å². The molecule has 6 atom stereocenters. The molecule has 1 aliphatic carbocycles. The maximum atomic E-state index is 17.6. The largest absolute Gasteiger partial charge is 0.494 e. The van der Waals surface area contributed by atoms with Crippen LogP contribution in [0.15, 0.2) is 146 Å². The second-order valence-corrected chi connectivity index (χ2v) is 26.3. The zero-order valence-corrected chi connectivity index (χ0v) is 60.8. The van der Waals surface area contributed by atoms with Gasteiger partial charge in [0.05, 0.1) is 56.3 Å². The van der Waals surface area contributed by atoms with E-state index < -0.39 is 87.1 Å². The highest BCUT2D eigenvalue weighted by molar-refractivity contribution is 6.21. The summed E-state index contributed by atoms with van der Waals surface area (Å²) < 4.78 is 56.8. The maximum Gasteiger partial charge on any atom is 0.339 e. The number of carbonyl (C=O) groups is 6. The zero-order chi connectivity index (χ0) is 73.2. The molecule has 0 aromatic heterocycles. The quantitative estimate of drug-likeness (QED) is 0.0139. The number of Topliss-reactive ketones (excluding diaryl/α,β-unsaturated/α-hetero) is 3. The van der Waals surface area contributed by atoms with Crippen LogP contribution < -0.4 is 28.4 Å². The number of hydrogen-bond acceptors (Lipinski definition) is 18. The lowest BCUT2D eigenvalue weighted by Gasteiger charge is -2.60. The molecule has 0 amide bonds. The van der Waals surface area contributed by atoms with Gasteiger partial charge in [-0.15, -0.1) is 0 Å². The first-order valence-electron chi connectivity index (χ1n) is 37.3. The Morgan fingerprint density at radius 1 is 0.265 bits per heavy atom. The lowest BCUT2D eigenvalue weighted by molar-refractivity contribution is -0.293. The Labute approximate surface area is 603 Å². The van der Waals surface area contributed by atoms with Crippen LogP contribution in [-0.2, 0) is 14.2 Å². The molecule has 1 aliphatic rings. The highest BCUT2D eigenvalue weighted by Crippen LogP contribution is 2.56. The van der Waals surface area contributed by atoms with E-state index in [9.17, 15) is 15.3 Å². The number of hydrogen-bond donors (Lipinski definition) is 3. The predicted molar refractivity (Wildman–Crippen MR) is 392 cm³/mol. The molecule has 102 heavy (non-hydrogen) atoms. The van der Waals surface area contributed by atoms with E-state index in [2.05, 4.69) is 41.5 Å². The normalized spacial score (nSPS) is 18.5. The Hall–Kier alpha value is -8.58. The van der Waals surface area contributed by atoms with Crippen LogP contribution in [0, 0.1) is 0 Å².